The first kappa shape index (κ1) is 31.5. The Kier molecular flexibility index (Phi) is 10.7. The molecule has 0 radical (unpaired) electrons. The first-order chi connectivity index (χ1) is 17.5. The predicted molar refractivity (Wildman–Crippen MR) is 115 cm³/mol. The van der Waals surface area contributed by atoms with E-state index in [1.807, 2.05) is 0 Å². The van der Waals surface area contributed by atoms with Crippen molar-refractivity contribution < 1.29 is 58.6 Å². The summed E-state index contributed by atoms with van der Waals surface area (Å²) in [6.45, 7) is 1.37. The molecule has 1 aliphatic rings. The van der Waals surface area contributed by atoms with Gasteiger partial charge in [0.15, 0.2) is 0 Å². The van der Waals surface area contributed by atoms with Gasteiger partial charge in [0.1, 0.15) is 6.04 Å². The fraction of sp³-hybridized carbons (Fsp3) is 0.636. The lowest BCUT2D eigenvalue weighted by molar-refractivity contribution is -0.314. The number of rotatable bonds is 10. The number of benzene rings is 1. The third-order valence-corrected chi connectivity index (χ3v) is 5.44. The van der Waals surface area contributed by atoms with Crippen molar-refractivity contribution in [3.05, 3.63) is 29.3 Å². The van der Waals surface area contributed by atoms with Gasteiger partial charge >= 0.3 is 30.5 Å². The van der Waals surface area contributed by atoms with E-state index in [0.29, 0.717) is 0 Å². The zero-order valence-corrected chi connectivity index (χ0v) is 20.0. The highest BCUT2D eigenvalue weighted by molar-refractivity contribution is 5.76. The molecule has 0 aromatic heterocycles. The smallest absolute Gasteiger partial charge is 0.434 e. The number of ether oxygens (including phenoxy) is 2. The van der Waals surface area contributed by atoms with Gasteiger partial charge in [-0.3, -0.25) is 14.5 Å². The van der Waals surface area contributed by atoms with Crippen molar-refractivity contribution in [2.75, 3.05) is 38.1 Å². The first-order valence-electron chi connectivity index (χ1n) is 11.4. The quantitative estimate of drug-likeness (QED) is 0.249. The molecule has 7 nitrogen and oxygen atoms in total. The van der Waals surface area contributed by atoms with Gasteiger partial charge in [-0.2, -0.15) is 39.5 Å². The Labute approximate surface area is 211 Å². The molecule has 0 amide bonds. The SMILES string of the molecule is CCOC(=O)CCCNc1cc(C(F)(F)F)ccc1CN1CCNCC1C(=O)OC(C(F)(F)F)C(F)(F)F. The van der Waals surface area contributed by atoms with Crippen LogP contribution in [0.3, 0.4) is 0 Å². The van der Waals surface area contributed by atoms with Crippen LogP contribution >= 0.6 is 0 Å². The van der Waals surface area contributed by atoms with Gasteiger partial charge < -0.3 is 20.1 Å². The number of hydrogen-bond acceptors (Lipinski definition) is 7. The topological polar surface area (TPSA) is 79.9 Å². The molecule has 1 fully saturated rings. The molecule has 0 saturated carbocycles. The number of anilines is 1. The maximum atomic E-state index is 13.3. The third-order valence-electron chi connectivity index (χ3n) is 5.44. The fourth-order valence-electron chi connectivity index (χ4n) is 3.64. The molecule has 1 atom stereocenters. The Balaban J connectivity index is 2.23. The maximum Gasteiger partial charge on any atom is 0.434 e. The summed E-state index contributed by atoms with van der Waals surface area (Å²) in [5.74, 6) is -2.29. The molecule has 0 bridgehead atoms. The molecular formula is C22H26F9N3O4. The standard InChI is InChI=1S/C22H26F9N3O4/c1-2-37-17(35)4-3-7-33-15-10-14(20(23,24)25)6-5-13(15)12-34-9-8-32-11-16(34)18(36)38-19(21(26,27)28)22(29,30)31/h5-6,10,16,19,32-33H,2-4,7-9,11-12H2,1H3. The van der Waals surface area contributed by atoms with Crippen molar-refractivity contribution in [1.82, 2.24) is 10.2 Å². The molecule has 1 heterocycles. The third kappa shape index (κ3) is 9.22. The fourth-order valence-corrected chi connectivity index (χ4v) is 3.64. The molecule has 0 spiro atoms. The lowest BCUT2D eigenvalue weighted by atomic mass is 10.1. The van der Waals surface area contributed by atoms with Crippen LogP contribution in [0.15, 0.2) is 18.2 Å². The van der Waals surface area contributed by atoms with Gasteiger partial charge in [-0.15, -0.1) is 0 Å². The van der Waals surface area contributed by atoms with Crippen molar-refractivity contribution in [2.45, 2.75) is 57.0 Å². The number of esters is 2. The molecule has 38 heavy (non-hydrogen) atoms. The van der Waals surface area contributed by atoms with Gasteiger partial charge in [0.25, 0.3) is 6.10 Å². The summed E-state index contributed by atoms with van der Waals surface area (Å²) in [5.41, 5.74) is -0.849. The molecular weight excluding hydrogens is 541 g/mol. The minimum Gasteiger partial charge on any atom is -0.466 e. The van der Waals surface area contributed by atoms with Crippen molar-refractivity contribution in [3.8, 4) is 0 Å². The molecule has 216 valence electrons. The van der Waals surface area contributed by atoms with E-state index in [-0.39, 0.29) is 63.4 Å². The van der Waals surface area contributed by atoms with E-state index in [0.717, 1.165) is 18.2 Å². The first-order valence-corrected chi connectivity index (χ1v) is 11.4. The van der Waals surface area contributed by atoms with E-state index in [9.17, 15) is 49.1 Å². The van der Waals surface area contributed by atoms with Crippen LogP contribution in [0.5, 0.6) is 0 Å². The lowest BCUT2D eigenvalue weighted by Crippen LogP contribution is -2.57. The zero-order valence-electron chi connectivity index (χ0n) is 20.0. The van der Waals surface area contributed by atoms with Crippen LogP contribution in [0.2, 0.25) is 0 Å². The monoisotopic (exact) mass is 567 g/mol. The minimum atomic E-state index is -5.89. The largest absolute Gasteiger partial charge is 0.466 e. The lowest BCUT2D eigenvalue weighted by Gasteiger charge is -2.36. The van der Waals surface area contributed by atoms with E-state index in [2.05, 4.69) is 15.4 Å². The summed E-state index contributed by atoms with van der Waals surface area (Å²) in [6.07, 6.45) is -20.6. The number of halogens is 9. The number of carbonyl (C=O) groups excluding carboxylic acids is 2. The number of alkyl halides is 9. The number of nitrogens with one attached hydrogen (secondary N) is 2. The number of nitrogens with zero attached hydrogens (tertiary/aromatic N) is 1. The van der Waals surface area contributed by atoms with Crippen LogP contribution in [-0.4, -0.2) is 74.1 Å². The Morgan fingerprint density at radius 3 is 2.34 bits per heavy atom. The van der Waals surface area contributed by atoms with E-state index >= 15 is 0 Å². The van der Waals surface area contributed by atoms with Crippen LogP contribution in [0.25, 0.3) is 0 Å². The van der Waals surface area contributed by atoms with Gasteiger partial charge in [-0.25, -0.2) is 0 Å². The summed E-state index contributed by atoms with van der Waals surface area (Å²) in [6, 6.07) is 1.07. The van der Waals surface area contributed by atoms with Gasteiger partial charge in [-0.05, 0) is 31.0 Å². The van der Waals surface area contributed by atoms with E-state index in [1.165, 1.54) is 4.90 Å². The highest BCUT2D eigenvalue weighted by Crippen LogP contribution is 2.36. The predicted octanol–water partition coefficient (Wildman–Crippen LogP) is 4.27. The van der Waals surface area contributed by atoms with Gasteiger partial charge in [-0.1, -0.05) is 6.07 Å². The average molecular weight is 567 g/mol. The van der Waals surface area contributed by atoms with Crippen LogP contribution in [0.1, 0.15) is 30.9 Å². The minimum absolute atomic E-state index is 0.0135. The molecule has 1 aliphatic heterocycles. The summed E-state index contributed by atoms with van der Waals surface area (Å²) in [7, 11) is 0. The normalized spacial score (nSPS) is 17.4. The van der Waals surface area contributed by atoms with E-state index < -0.39 is 48.2 Å². The molecule has 1 saturated heterocycles. The highest BCUT2D eigenvalue weighted by Gasteiger charge is 2.60. The van der Waals surface area contributed by atoms with Crippen LogP contribution in [-0.2, 0) is 31.8 Å². The Hall–Kier alpha value is -2.75. The molecule has 1 unspecified atom stereocenters. The summed E-state index contributed by atoms with van der Waals surface area (Å²) >= 11 is 0. The van der Waals surface area contributed by atoms with Gasteiger partial charge in [0, 0.05) is 44.8 Å². The summed E-state index contributed by atoms with van der Waals surface area (Å²) < 4.78 is 126. The number of piperazine rings is 1. The molecule has 1 aromatic rings. The second-order valence-electron chi connectivity index (χ2n) is 8.30. The van der Waals surface area contributed by atoms with Crippen molar-refractivity contribution >= 4 is 17.6 Å². The zero-order chi connectivity index (χ0) is 28.7. The van der Waals surface area contributed by atoms with Crippen molar-refractivity contribution in [3.63, 3.8) is 0 Å². The van der Waals surface area contributed by atoms with Gasteiger partial charge in [0.05, 0.1) is 12.2 Å². The van der Waals surface area contributed by atoms with E-state index in [4.69, 9.17) is 4.74 Å². The van der Waals surface area contributed by atoms with Crippen molar-refractivity contribution in [1.29, 1.82) is 0 Å². The average Bonchev–Trinajstić information content (AvgIpc) is 2.79. The number of carbonyl (C=O) groups is 2. The molecule has 2 rings (SSSR count). The molecule has 0 aliphatic carbocycles. The Morgan fingerprint density at radius 2 is 1.76 bits per heavy atom. The van der Waals surface area contributed by atoms with Crippen LogP contribution < -0.4 is 10.6 Å². The second kappa shape index (κ2) is 12.9. The van der Waals surface area contributed by atoms with Crippen molar-refractivity contribution in [2.24, 2.45) is 0 Å². The Bertz CT molecular complexity index is 937. The van der Waals surface area contributed by atoms with Crippen LogP contribution in [0, 0.1) is 0 Å². The van der Waals surface area contributed by atoms with Gasteiger partial charge in [0.2, 0.25) is 0 Å². The maximum absolute atomic E-state index is 13.3. The molecule has 1 aromatic carbocycles. The van der Waals surface area contributed by atoms with E-state index in [1.54, 1.807) is 6.92 Å². The number of hydrogen-bond donors (Lipinski definition) is 2. The second-order valence-corrected chi connectivity index (χ2v) is 8.30. The molecule has 2 N–H and O–H groups in total. The highest BCUT2D eigenvalue weighted by atomic mass is 19.4. The summed E-state index contributed by atoms with van der Waals surface area (Å²) in [4.78, 5) is 25.1. The van der Waals surface area contributed by atoms with Crippen LogP contribution in [0.4, 0.5) is 45.2 Å². The molecule has 16 heteroatoms. The Morgan fingerprint density at radius 1 is 1.11 bits per heavy atom. The summed E-state index contributed by atoms with van der Waals surface area (Å²) in [5, 5.41) is 5.44.